The van der Waals surface area contributed by atoms with Crippen LogP contribution in [0.5, 0.6) is 0 Å². The van der Waals surface area contributed by atoms with Gasteiger partial charge in [0.2, 0.25) is 0 Å². The molecule has 5 heteroatoms. The molecule has 0 fully saturated rings. The van der Waals surface area contributed by atoms with Crippen molar-refractivity contribution in [3.63, 3.8) is 0 Å². The first kappa shape index (κ1) is 14.8. The molecule has 1 radical (unpaired) electrons. The van der Waals surface area contributed by atoms with Gasteiger partial charge in [-0.1, -0.05) is 0 Å². The Morgan fingerprint density at radius 1 is 0.667 bits per heavy atom. The highest BCUT2D eigenvalue weighted by Gasteiger charge is 1.91. The Morgan fingerprint density at radius 3 is 1.47 bits per heavy atom. The average Bonchev–Trinajstić information content (AvgIpc) is 2.26. The third-order valence-corrected chi connectivity index (χ3v) is 1.55. The highest BCUT2D eigenvalue weighted by atomic mass is 16.6. The largest absolute Gasteiger partial charge is 0.379 e. The normalized spacial score (nSPS) is 10.8. The summed E-state index contributed by atoms with van der Waals surface area (Å²) in [6.45, 7) is 6.06. The van der Waals surface area contributed by atoms with Crippen LogP contribution in [0.3, 0.4) is 0 Å². The van der Waals surface area contributed by atoms with E-state index in [1.54, 1.807) is 0 Å². The molecule has 0 aromatic rings. The van der Waals surface area contributed by atoms with Gasteiger partial charge in [-0.15, -0.1) is 0 Å². The zero-order valence-electron chi connectivity index (χ0n) is 9.41. The van der Waals surface area contributed by atoms with Crippen LogP contribution in [0.1, 0.15) is 6.92 Å². The maximum Gasteiger partial charge on any atom is 0.106 e. The fourth-order valence-electron chi connectivity index (χ4n) is 0.863. The molecular formula is C10H21O5. The van der Waals surface area contributed by atoms with Gasteiger partial charge in [0, 0.05) is 6.61 Å². The van der Waals surface area contributed by atoms with Gasteiger partial charge in [0.25, 0.3) is 0 Å². The molecule has 0 rings (SSSR count). The molecule has 0 aliphatic rings. The molecule has 0 unspecified atom stereocenters. The monoisotopic (exact) mass is 221 g/mol. The van der Waals surface area contributed by atoms with Crippen molar-refractivity contribution in [1.29, 1.82) is 0 Å². The molecule has 91 valence electrons. The Balaban J connectivity index is 2.81. The molecule has 0 amide bonds. The van der Waals surface area contributed by atoms with Gasteiger partial charge in [0.1, 0.15) is 6.61 Å². The molecule has 0 aliphatic heterocycles. The number of hydrogen-bond acceptors (Lipinski definition) is 4. The van der Waals surface area contributed by atoms with Crippen LogP contribution in [0.15, 0.2) is 0 Å². The van der Waals surface area contributed by atoms with E-state index in [0.717, 1.165) is 6.61 Å². The van der Waals surface area contributed by atoms with E-state index in [-0.39, 0.29) is 13.2 Å². The molecule has 0 N–H and O–H groups in total. The fourth-order valence-corrected chi connectivity index (χ4v) is 0.863. The Labute approximate surface area is 91.3 Å². The topological polar surface area (TPSA) is 56.8 Å². The predicted octanol–water partition coefficient (Wildman–Crippen LogP) is 0.503. The van der Waals surface area contributed by atoms with E-state index in [1.165, 1.54) is 0 Å². The summed E-state index contributed by atoms with van der Waals surface area (Å²) < 4.78 is 20.5. The lowest BCUT2D eigenvalue weighted by Crippen LogP contribution is -2.12. The first-order valence-electron chi connectivity index (χ1n) is 5.31. The lowest BCUT2D eigenvalue weighted by Gasteiger charge is -2.06. The van der Waals surface area contributed by atoms with E-state index in [0.29, 0.717) is 39.6 Å². The van der Waals surface area contributed by atoms with E-state index >= 15 is 0 Å². The van der Waals surface area contributed by atoms with Crippen LogP contribution < -0.4 is 0 Å². The van der Waals surface area contributed by atoms with Crippen LogP contribution in [0.25, 0.3) is 0 Å². The van der Waals surface area contributed by atoms with Crippen molar-refractivity contribution in [3.8, 4) is 0 Å². The first-order chi connectivity index (χ1) is 7.41. The van der Waals surface area contributed by atoms with Gasteiger partial charge in [0.05, 0.1) is 46.2 Å². The Kier molecular flexibility index (Phi) is 13.6. The quantitative estimate of drug-likeness (QED) is 0.450. The molecular weight excluding hydrogens is 200 g/mol. The number of ether oxygens (including phenoxy) is 4. The summed E-state index contributed by atoms with van der Waals surface area (Å²) in [6, 6.07) is 0. The predicted molar refractivity (Wildman–Crippen MR) is 54.5 cm³/mol. The van der Waals surface area contributed by atoms with Gasteiger partial charge >= 0.3 is 0 Å². The molecule has 0 bridgehead atoms. The van der Waals surface area contributed by atoms with Crippen molar-refractivity contribution in [3.05, 3.63) is 0 Å². The van der Waals surface area contributed by atoms with E-state index < -0.39 is 0 Å². The number of rotatable bonds is 12. The molecule has 0 heterocycles. The van der Waals surface area contributed by atoms with Crippen molar-refractivity contribution in [2.75, 3.05) is 59.5 Å². The Hall–Kier alpha value is -0.200. The summed E-state index contributed by atoms with van der Waals surface area (Å²) in [5.74, 6) is 0. The summed E-state index contributed by atoms with van der Waals surface area (Å²) in [5.41, 5.74) is 0. The van der Waals surface area contributed by atoms with E-state index in [9.17, 15) is 5.11 Å². The van der Waals surface area contributed by atoms with Crippen LogP contribution >= 0.6 is 0 Å². The van der Waals surface area contributed by atoms with E-state index in [4.69, 9.17) is 18.9 Å². The van der Waals surface area contributed by atoms with Crippen molar-refractivity contribution in [2.45, 2.75) is 6.92 Å². The average molecular weight is 221 g/mol. The van der Waals surface area contributed by atoms with Gasteiger partial charge in [-0.25, -0.2) is 5.11 Å². The highest BCUT2D eigenvalue weighted by molar-refractivity contribution is 4.34. The number of hydrogen-bond donors (Lipinski definition) is 0. The lowest BCUT2D eigenvalue weighted by atomic mass is 10.7. The van der Waals surface area contributed by atoms with Crippen molar-refractivity contribution in [2.24, 2.45) is 0 Å². The molecule has 0 saturated heterocycles. The zero-order valence-corrected chi connectivity index (χ0v) is 9.41. The van der Waals surface area contributed by atoms with Crippen molar-refractivity contribution >= 4 is 0 Å². The summed E-state index contributed by atoms with van der Waals surface area (Å²) in [7, 11) is 0. The molecule has 0 atom stereocenters. The van der Waals surface area contributed by atoms with Gasteiger partial charge < -0.3 is 18.9 Å². The van der Waals surface area contributed by atoms with Crippen LogP contribution in [-0.4, -0.2) is 59.5 Å². The summed E-state index contributed by atoms with van der Waals surface area (Å²) in [4.78, 5) is 0. The molecule has 0 aliphatic carbocycles. The van der Waals surface area contributed by atoms with Gasteiger partial charge in [-0.3, -0.25) is 0 Å². The van der Waals surface area contributed by atoms with Gasteiger partial charge in [-0.2, -0.15) is 0 Å². The van der Waals surface area contributed by atoms with E-state index in [1.807, 2.05) is 6.92 Å². The SMILES string of the molecule is CCOCCOCCOCCOCC[O]. The second-order valence-corrected chi connectivity index (χ2v) is 2.74. The molecule has 0 aromatic heterocycles. The maximum atomic E-state index is 9.99. The third kappa shape index (κ3) is 13.8. The van der Waals surface area contributed by atoms with Crippen LogP contribution in [0.4, 0.5) is 0 Å². The lowest BCUT2D eigenvalue weighted by molar-refractivity contribution is -0.00817. The van der Waals surface area contributed by atoms with Crippen LogP contribution in [0, 0.1) is 0 Å². The molecule has 0 aromatic carbocycles. The van der Waals surface area contributed by atoms with Crippen molar-refractivity contribution < 1.29 is 24.1 Å². The van der Waals surface area contributed by atoms with Crippen molar-refractivity contribution in [1.82, 2.24) is 0 Å². The minimum atomic E-state index is -0.194. The second-order valence-electron chi connectivity index (χ2n) is 2.74. The molecule has 5 nitrogen and oxygen atoms in total. The minimum absolute atomic E-state index is 0.194. The summed E-state index contributed by atoms with van der Waals surface area (Å²) in [6.07, 6.45) is 0. The Bertz CT molecular complexity index is 98.0. The van der Waals surface area contributed by atoms with Gasteiger partial charge in [0.15, 0.2) is 0 Å². The van der Waals surface area contributed by atoms with Crippen LogP contribution in [-0.2, 0) is 24.1 Å². The standard InChI is InChI=1S/C10H21O5/c1-2-12-5-6-14-9-10-15-8-7-13-4-3-11/h2-10H2,1H3. The molecule has 15 heavy (non-hydrogen) atoms. The molecule has 0 spiro atoms. The minimum Gasteiger partial charge on any atom is -0.379 e. The molecule has 0 saturated carbocycles. The fraction of sp³-hybridized carbons (Fsp3) is 1.00. The first-order valence-corrected chi connectivity index (χ1v) is 5.31. The smallest absolute Gasteiger partial charge is 0.106 e. The third-order valence-electron chi connectivity index (χ3n) is 1.55. The maximum absolute atomic E-state index is 9.99. The Morgan fingerprint density at radius 2 is 1.07 bits per heavy atom. The zero-order chi connectivity index (χ0) is 11.2. The van der Waals surface area contributed by atoms with Gasteiger partial charge in [-0.05, 0) is 6.92 Å². The van der Waals surface area contributed by atoms with Crippen LogP contribution in [0.2, 0.25) is 0 Å². The second kappa shape index (κ2) is 13.8. The highest BCUT2D eigenvalue weighted by Crippen LogP contribution is 1.82. The summed E-state index contributed by atoms with van der Waals surface area (Å²) in [5, 5.41) is 9.99. The summed E-state index contributed by atoms with van der Waals surface area (Å²) >= 11 is 0. The van der Waals surface area contributed by atoms with E-state index in [2.05, 4.69) is 0 Å².